The molecule has 0 aliphatic carbocycles. The molecule has 1 unspecified atom stereocenters. The monoisotopic (exact) mass is 359 g/mol. The summed E-state index contributed by atoms with van der Waals surface area (Å²) in [7, 11) is 5.93. The van der Waals surface area contributed by atoms with Gasteiger partial charge in [0.05, 0.1) is 0 Å². The number of aryl methyl sites for hydroxylation is 1. The number of piperidine rings is 1. The van der Waals surface area contributed by atoms with Crippen LogP contribution in [0.15, 0.2) is 29.3 Å². The Kier molecular flexibility index (Phi) is 7.75. The Morgan fingerprint density at radius 1 is 1.35 bits per heavy atom. The molecule has 144 valence electrons. The van der Waals surface area contributed by atoms with Crippen LogP contribution in [0.4, 0.5) is 5.69 Å². The van der Waals surface area contributed by atoms with E-state index in [9.17, 15) is 4.79 Å². The number of anilines is 1. The summed E-state index contributed by atoms with van der Waals surface area (Å²) in [5.74, 6) is 1.07. The van der Waals surface area contributed by atoms with Crippen molar-refractivity contribution in [3.05, 3.63) is 29.8 Å². The molecule has 26 heavy (non-hydrogen) atoms. The quantitative estimate of drug-likeness (QED) is 0.443. The Bertz CT molecular complexity index is 597. The maximum absolute atomic E-state index is 11.2. The van der Waals surface area contributed by atoms with Crippen molar-refractivity contribution in [2.45, 2.75) is 32.1 Å². The molecule has 1 aliphatic heterocycles. The zero-order valence-electron chi connectivity index (χ0n) is 16.4. The highest BCUT2D eigenvalue weighted by Crippen LogP contribution is 2.19. The number of carbonyl (C=O) groups excluding carboxylic acids is 1. The number of nitrogens with zero attached hydrogens (tertiary/aromatic N) is 3. The SMILES string of the molecule is CN=C(NCCCc1ccc(N(C)C)cc1)N1CCCC(CC(N)=O)C1. The average molecular weight is 360 g/mol. The molecule has 0 radical (unpaired) electrons. The summed E-state index contributed by atoms with van der Waals surface area (Å²) in [6, 6.07) is 8.72. The van der Waals surface area contributed by atoms with Gasteiger partial charge < -0.3 is 20.9 Å². The van der Waals surface area contributed by atoms with E-state index in [0.29, 0.717) is 12.3 Å². The van der Waals surface area contributed by atoms with Gasteiger partial charge in [-0.05, 0) is 49.3 Å². The maximum atomic E-state index is 11.2. The van der Waals surface area contributed by atoms with Gasteiger partial charge in [-0.25, -0.2) is 0 Å². The van der Waals surface area contributed by atoms with Gasteiger partial charge in [-0.1, -0.05) is 12.1 Å². The number of carbonyl (C=O) groups is 1. The van der Waals surface area contributed by atoms with Crippen molar-refractivity contribution < 1.29 is 4.79 Å². The van der Waals surface area contributed by atoms with E-state index in [0.717, 1.165) is 51.3 Å². The van der Waals surface area contributed by atoms with Gasteiger partial charge in [0, 0.05) is 52.9 Å². The topological polar surface area (TPSA) is 74.0 Å². The zero-order chi connectivity index (χ0) is 18.9. The number of nitrogens with two attached hydrogens (primary N) is 1. The smallest absolute Gasteiger partial charge is 0.217 e. The summed E-state index contributed by atoms with van der Waals surface area (Å²) in [6.45, 7) is 2.73. The van der Waals surface area contributed by atoms with Crippen LogP contribution in [0, 0.1) is 5.92 Å². The maximum Gasteiger partial charge on any atom is 0.217 e. The van der Waals surface area contributed by atoms with Crippen molar-refractivity contribution in [3.63, 3.8) is 0 Å². The number of benzene rings is 1. The number of aliphatic imine (C=N–C) groups is 1. The molecule has 0 spiro atoms. The highest BCUT2D eigenvalue weighted by Gasteiger charge is 2.23. The molecule has 3 N–H and O–H groups in total. The van der Waals surface area contributed by atoms with E-state index in [2.05, 4.69) is 58.5 Å². The van der Waals surface area contributed by atoms with Crippen LogP contribution in [0.1, 0.15) is 31.2 Å². The van der Waals surface area contributed by atoms with Crippen molar-refractivity contribution in [2.75, 3.05) is 45.7 Å². The van der Waals surface area contributed by atoms with Crippen LogP contribution in [-0.4, -0.2) is 57.5 Å². The third-order valence-corrected chi connectivity index (χ3v) is 4.90. The van der Waals surface area contributed by atoms with Crippen LogP contribution in [-0.2, 0) is 11.2 Å². The van der Waals surface area contributed by atoms with E-state index in [-0.39, 0.29) is 5.91 Å². The second-order valence-corrected chi connectivity index (χ2v) is 7.26. The van der Waals surface area contributed by atoms with Crippen LogP contribution in [0.5, 0.6) is 0 Å². The van der Waals surface area contributed by atoms with Crippen LogP contribution in [0.2, 0.25) is 0 Å². The number of likely N-dealkylation sites (tertiary alicyclic amines) is 1. The second kappa shape index (κ2) is 10.0. The summed E-state index contributed by atoms with van der Waals surface area (Å²) >= 11 is 0. The summed E-state index contributed by atoms with van der Waals surface area (Å²) in [5.41, 5.74) is 7.93. The predicted octanol–water partition coefficient (Wildman–Crippen LogP) is 1.85. The van der Waals surface area contributed by atoms with E-state index in [4.69, 9.17) is 5.73 Å². The molecule has 1 heterocycles. The Hall–Kier alpha value is -2.24. The molecular formula is C20H33N5O. The van der Waals surface area contributed by atoms with E-state index >= 15 is 0 Å². The molecule has 2 rings (SSSR count). The lowest BCUT2D eigenvalue weighted by atomic mass is 9.95. The third-order valence-electron chi connectivity index (χ3n) is 4.90. The molecular weight excluding hydrogens is 326 g/mol. The van der Waals surface area contributed by atoms with Gasteiger partial charge in [0.25, 0.3) is 0 Å². The standard InChI is InChI=1S/C20H33N5O/c1-22-20(25-13-5-7-17(15-25)14-19(21)26)23-12-4-6-16-8-10-18(11-9-16)24(2)3/h8-11,17H,4-7,12-15H2,1-3H3,(H2,21,26)(H,22,23). The Morgan fingerprint density at radius 3 is 2.69 bits per heavy atom. The molecule has 0 aromatic heterocycles. The number of rotatable bonds is 7. The normalized spacial score (nSPS) is 17.9. The fourth-order valence-corrected chi connectivity index (χ4v) is 3.49. The number of nitrogens with one attached hydrogen (secondary N) is 1. The minimum Gasteiger partial charge on any atom is -0.378 e. The summed E-state index contributed by atoms with van der Waals surface area (Å²) in [5, 5.41) is 3.46. The largest absolute Gasteiger partial charge is 0.378 e. The summed E-state index contributed by atoms with van der Waals surface area (Å²) in [6.07, 6.45) is 4.72. The minimum absolute atomic E-state index is 0.208. The summed E-state index contributed by atoms with van der Waals surface area (Å²) in [4.78, 5) is 19.9. The third kappa shape index (κ3) is 6.24. The first-order valence-electron chi connectivity index (χ1n) is 9.49. The number of hydrogen-bond donors (Lipinski definition) is 2. The van der Waals surface area contributed by atoms with Crippen molar-refractivity contribution in [2.24, 2.45) is 16.6 Å². The van der Waals surface area contributed by atoms with Crippen molar-refractivity contribution in [1.82, 2.24) is 10.2 Å². The van der Waals surface area contributed by atoms with Gasteiger partial charge in [-0.15, -0.1) is 0 Å². The second-order valence-electron chi connectivity index (χ2n) is 7.26. The lowest BCUT2D eigenvalue weighted by Gasteiger charge is -2.34. The van der Waals surface area contributed by atoms with Gasteiger partial charge in [-0.2, -0.15) is 0 Å². The lowest BCUT2D eigenvalue weighted by Crippen LogP contribution is -2.47. The highest BCUT2D eigenvalue weighted by atomic mass is 16.1. The van der Waals surface area contributed by atoms with Gasteiger partial charge in [0.1, 0.15) is 0 Å². The number of amides is 1. The molecule has 1 aromatic rings. The molecule has 1 atom stereocenters. The van der Waals surface area contributed by atoms with Crippen LogP contribution >= 0.6 is 0 Å². The molecule has 1 aromatic carbocycles. The van der Waals surface area contributed by atoms with Gasteiger partial charge >= 0.3 is 0 Å². The molecule has 1 aliphatic rings. The Balaban J connectivity index is 1.75. The first-order valence-corrected chi connectivity index (χ1v) is 9.49. The van der Waals surface area contributed by atoms with E-state index in [1.165, 1.54) is 11.3 Å². The minimum atomic E-state index is -0.208. The van der Waals surface area contributed by atoms with Crippen molar-refractivity contribution in [1.29, 1.82) is 0 Å². The number of primary amides is 1. The molecule has 1 saturated heterocycles. The molecule has 6 nitrogen and oxygen atoms in total. The lowest BCUT2D eigenvalue weighted by molar-refractivity contribution is -0.119. The highest BCUT2D eigenvalue weighted by molar-refractivity contribution is 5.80. The fraction of sp³-hybridized carbons (Fsp3) is 0.600. The first-order chi connectivity index (χ1) is 12.5. The molecule has 0 bridgehead atoms. The summed E-state index contributed by atoms with van der Waals surface area (Å²) < 4.78 is 0. The van der Waals surface area contributed by atoms with Gasteiger partial charge in [0.2, 0.25) is 5.91 Å². The van der Waals surface area contributed by atoms with E-state index in [1.54, 1.807) is 0 Å². The van der Waals surface area contributed by atoms with Crippen LogP contribution in [0.3, 0.4) is 0 Å². The zero-order valence-corrected chi connectivity index (χ0v) is 16.4. The van der Waals surface area contributed by atoms with Crippen molar-refractivity contribution in [3.8, 4) is 0 Å². The first kappa shape index (κ1) is 20.1. The molecule has 1 fully saturated rings. The molecule has 6 heteroatoms. The van der Waals surface area contributed by atoms with E-state index < -0.39 is 0 Å². The van der Waals surface area contributed by atoms with Gasteiger partial charge in [0.15, 0.2) is 5.96 Å². The number of hydrogen-bond acceptors (Lipinski definition) is 3. The Morgan fingerprint density at radius 2 is 2.08 bits per heavy atom. The average Bonchev–Trinajstić information content (AvgIpc) is 2.62. The fourth-order valence-electron chi connectivity index (χ4n) is 3.49. The van der Waals surface area contributed by atoms with Crippen LogP contribution < -0.4 is 16.0 Å². The molecule has 1 amide bonds. The predicted molar refractivity (Wildman–Crippen MR) is 109 cm³/mol. The Labute approximate surface area is 157 Å². The van der Waals surface area contributed by atoms with E-state index in [1.807, 2.05) is 7.05 Å². The van der Waals surface area contributed by atoms with Crippen molar-refractivity contribution >= 4 is 17.6 Å². The van der Waals surface area contributed by atoms with Crippen LogP contribution in [0.25, 0.3) is 0 Å². The molecule has 0 saturated carbocycles. The number of guanidine groups is 1. The van der Waals surface area contributed by atoms with Gasteiger partial charge in [-0.3, -0.25) is 9.79 Å².